The zero-order valence-corrected chi connectivity index (χ0v) is 17.3. The van der Waals surface area contributed by atoms with E-state index in [-0.39, 0.29) is 28.2 Å². The number of anilines is 2. The van der Waals surface area contributed by atoms with E-state index in [1.54, 1.807) is 22.7 Å². The Morgan fingerprint density at radius 1 is 1.24 bits per heavy atom. The molecule has 154 valence electrons. The molecular weight excluding hydrogens is 449 g/mol. The molecule has 0 saturated heterocycles. The van der Waals surface area contributed by atoms with Gasteiger partial charge in [-0.05, 0) is 30.3 Å². The number of carbonyl (C=O) groups is 1. The fourth-order valence-corrected chi connectivity index (χ4v) is 6.16. The van der Waals surface area contributed by atoms with E-state index in [1.807, 2.05) is 6.92 Å². The quantitative estimate of drug-likeness (QED) is 0.727. The van der Waals surface area contributed by atoms with E-state index in [4.69, 9.17) is 11.6 Å². The third-order valence-electron chi connectivity index (χ3n) is 4.68. The minimum atomic E-state index is -4.72. The Kier molecular flexibility index (Phi) is 4.79. The van der Waals surface area contributed by atoms with Crippen LogP contribution in [0, 0.1) is 0 Å². The average molecular weight is 463 g/mol. The van der Waals surface area contributed by atoms with Crippen molar-refractivity contribution in [1.82, 2.24) is 0 Å². The molecule has 2 aromatic rings. The molecule has 2 aliphatic rings. The van der Waals surface area contributed by atoms with Crippen molar-refractivity contribution in [2.24, 2.45) is 0 Å². The molecule has 29 heavy (non-hydrogen) atoms. The number of hydrogen-bond donors (Lipinski definition) is 1. The number of nitrogens with one attached hydrogen (secondary N) is 1. The molecule has 0 spiro atoms. The van der Waals surface area contributed by atoms with Gasteiger partial charge in [0.05, 0.1) is 27.6 Å². The number of thioether (sulfide) groups is 1. The highest BCUT2D eigenvalue weighted by Gasteiger charge is 2.39. The number of amides is 1. The van der Waals surface area contributed by atoms with E-state index in [2.05, 4.69) is 4.72 Å². The summed E-state index contributed by atoms with van der Waals surface area (Å²) in [5, 5.41) is -0.354. The van der Waals surface area contributed by atoms with Crippen LogP contribution in [0.15, 0.2) is 40.1 Å². The molecule has 0 saturated carbocycles. The van der Waals surface area contributed by atoms with Crippen molar-refractivity contribution in [3.63, 3.8) is 0 Å². The fourth-order valence-electron chi connectivity index (χ4n) is 3.50. The molecule has 2 aliphatic heterocycles. The summed E-state index contributed by atoms with van der Waals surface area (Å²) >= 11 is 7.14. The highest BCUT2D eigenvalue weighted by atomic mass is 35.5. The fraction of sp³-hybridized carbons (Fsp3) is 0.278. The van der Waals surface area contributed by atoms with Crippen molar-refractivity contribution in [2.45, 2.75) is 34.6 Å². The lowest BCUT2D eigenvalue weighted by molar-refractivity contribution is -0.137. The molecule has 1 amide bonds. The van der Waals surface area contributed by atoms with Crippen LogP contribution in [-0.2, 0) is 27.4 Å². The molecule has 0 unspecified atom stereocenters. The van der Waals surface area contributed by atoms with Gasteiger partial charge < -0.3 is 4.90 Å². The van der Waals surface area contributed by atoms with Crippen LogP contribution in [0.25, 0.3) is 0 Å². The third-order valence-corrected chi connectivity index (χ3v) is 7.61. The Labute approximate surface area is 174 Å². The summed E-state index contributed by atoms with van der Waals surface area (Å²) in [6.45, 7) is 2.45. The van der Waals surface area contributed by atoms with Gasteiger partial charge in [-0.1, -0.05) is 18.5 Å². The molecule has 2 aromatic carbocycles. The van der Waals surface area contributed by atoms with Crippen molar-refractivity contribution < 1.29 is 26.4 Å². The number of nitrogens with zero attached hydrogens (tertiary/aromatic N) is 1. The number of sulfonamides is 1. The van der Waals surface area contributed by atoms with Crippen molar-refractivity contribution in [2.75, 3.05) is 16.2 Å². The summed E-state index contributed by atoms with van der Waals surface area (Å²) in [5.41, 5.74) is -0.464. The van der Waals surface area contributed by atoms with Crippen molar-refractivity contribution in [3.05, 3.63) is 46.5 Å². The van der Waals surface area contributed by atoms with Crippen LogP contribution in [-0.4, -0.2) is 26.1 Å². The van der Waals surface area contributed by atoms with Gasteiger partial charge in [0.1, 0.15) is 0 Å². The zero-order valence-electron chi connectivity index (χ0n) is 14.9. The maximum absolute atomic E-state index is 13.1. The summed E-state index contributed by atoms with van der Waals surface area (Å²) in [6, 6.07) is 5.80. The van der Waals surface area contributed by atoms with Crippen molar-refractivity contribution in [3.8, 4) is 0 Å². The van der Waals surface area contributed by atoms with E-state index in [0.717, 1.165) is 17.0 Å². The van der Waals surface area contributed by atoms with Crippen LogP contribution in [0.4, 0.5) is 24.5 Å². The Hall–Kier alpha value is -1.91. The average Bonchev–Trinajstić information content (AvgIpc) is 2.93. The van der Waals surface area contributed by atoms with Gasteiger partial charge in [-0.3, -0.25) is 9.52 Å². The second kappa shape index (κ2) is 6.82. The number of carbonyl (C=O) groups excluding carboxylic acids is 1. The summed E-state index contributed by atoms with van der Waals surface area (Å²) in [4.78, 5) is 14.7. The minimum absolute atomic E-state index is 0.0683. The lowest BCUT2D eigenvalue weighted by Crippen LogP contribution is -2.35. The van der Waals surface area contributed by atoms with Gasteiger partial charge >= 0.3 is 6.18 Å². The highest BCUT2D eigenvalue weighted by Crippen LogP contribution is 2.46. The predicted octanol–water partition coefficient (Wildman–Crippen LogP) is 4.54. The van der Waals surface area contributed by atoms with Crippen LogP contribution in [0.2, 0.25) is 5.02 Å². The highest BCUT2D eigenvalue weighted by molar-refractivity contribution is 8.00. The molecule has 11 heteroatoms. The summed E-state index contributed by atoms with van der Waals surface area (Å²) in [7, 11) is -4.22. The molecule has 0 radical (unpaired) electrons. The molecule has 2 heterocycles. The number of hydrogen-bond acceptors (Lipinski definition) is 4. The molecule has 0 aliphatic carbocycles. The topological polar surface area (TPSA) is 66.5 Å². The first-order valence-electron chi connectivity index (χ1n) is 8.50. The van der Waals surface area contributed by atoms with Gasteiger partial charge in [-0.2, -0.15) is 13.2 Å². The second-order valence-electron chi connectivity index (χ2n) is 6.80. The van der Waals surface area contributed by atoms with E-state index in [0.29, 0.717) is 23.9 Å². The van der Waals surface area contributed by atoms with E-state index >= 15 is 0 Å². The van der Waals surface area contributed by atoms with Gasteiger partial charge in [0, 0.05) is 27.9 Å². The van der Waals surface area contributed by atoms with Crippen LogP contribution < -0.4 is 9.62 Å². The Bertz CT molecular complexity index is 1140. The molecule has 0 aromatic heterocycles. The van der Waals surface area contributed by atoms with Crippen LogP contribution in [0.5, 0.6) is 0 Å². The van der Waals surface area contributed by atoms with Crippen LogP contribution in [0.3, 0.4) is 0 Å². The predicted molar refractivity (Wildman–Crippen MR) is 105 cm³/mol. The standard InChI is InChI=1S/C18H14ClF3N2O3S2/c1-9-8-24-16(25)7-11-15(5-4-14(28-9)17(11)24)29(26,27)23-10-2-3-13(19)12(6-10)18(20,21)22/h2-6,9,23H,7-8H2,1H3/t9-/m1/s1. The van der Waals surface area contributed by atoms with Gasteiger partial charge in [-0.25, -0.2) is 8.42 Å². The first kappa shape index (κ1) is 20.4. The SMILES string of the molecule is C[C@@H]1CN2C(=O)Cc3c(S(=O)(=O)Nc4ccc(Cl)c(C(F)(F)F)c4)ccc(c32)S1. The number of alkyl halides is 3. The Balaban J connectivity index is 1.75. The van der Waals surface area contributed by atoms with Crippen LogP contribution in [0.1, 0.15) is 18.1 Å². The monoisotopic (exact) mass is 462 g/mol. The van der Waals surface area contributed by atoms with Crippen molar-refractivity contribution >= 4 is 50.7 Å². The molecular formula is C18H14ClF3N2O3S2. The number of benzene rings is 2. The summed E-state index contributed by atoms with van der Waals surface area (Å²) in [6.07, 6.45) is -4.79. The molecule has 0 fully saturated rings. The first-order chi connectivity index (χ1) is 13.5. The number of rotatable bonds is 3. The Morgan fingerprint density at radius 3 is 2.66 bits per heavy atom. The van der Waals surface area contributed by atoms with E-state index in [1.165, 1.54) is 6.07 Å². The van der Waals surface area contributed by atoms with E-state index in [9.17, 15) is 26.4 Å². The van der Waals surface area contributed by atoms with Gasteiger partial charge in [-0.15, -0.1) is 11.8 Å². The molecule has 1 N–H and O–H groups in total. The van der Waals surface area contributed by atoms with Crippen molar-refractivity contribution in [1.29, 1.82) is 0 Å². The minimum Gasteiger partial charge on any atom is -0.310 e. The second-order valence-corrected chi connectivity index (χ2v) is 10.3. The smallest absolute Gasteiger partial charge is 0.310 e. The third kappa shape index (κ3) is 3.57. The molecule has 1 atom stereocenters. The summed E-state index contributed by atoms with van der Waals surface area (Å²) < 4.78 is 67.3. The zero-order chi connectivity index (χ0) is 21.1. The molecule has 4 rings (SSSR count). The van der Waals surface area contributed by atoms with Gasteiger partial charge in [0.15, 0.2) is 0 Å². The normalized spacial score (nSPS) is 18.7. The lowest BCUT2D eigenvalue weighted by atomic mass is 10.1. The summed E-state index contributed by atoms with van der Waals surface area (Å²) in [5.74, 6) is -0.193. The Morgan fingerprint density at radius 2 is 1.97 bits per heavy atom. The lowest BCUT2D eigenvalue weighted by Gasteiger charge is -2.29. The first-order valence-corrected chi connectivity index (χ1v) is 11.2. The number of halogens is 4. The maximum atomic E-state index is 13.1. The van der Waals surface area contributed by atoms with Gasteiger partial charge in [0.25, 0.3) is 10.0 Å². The largest absolute Gasteiger partial charge is 0.417 e. The molecule has 5 nitrogen and oxygen atoms in total. The van der Waals surface area contributed by atoms with E-state index < -0.39 is 26.8 Å². The maximum Gasteiger partial charge on any atom is 0.417 e. The van der Waals surface area contributed by atoms with Gasteiger partial charge in [0.2, 0.25) is 5.91 Å². The van der Waals surface area contributed by atoms with Crippen LogP contribution >= 0.6 is 23.4 Å². The molecule has 0 bridgehead atoms.